The number of piperidine rings is 1. The number of nitrogens with one attached hydrogen (secondary N) is 1. The number of nitrogens with zero attached hydrogens (tertiary/aromatic N) is 3. The molecule has 0 radical (unpaired) electrons. The maximum atomic E-state index is 12.5. The first-order valence-electron chi connectivity index (χ1n) is 9.30. The van der Waals surface area contributed by atoms with Gasteiger partial charge >= 0.3 is 0 Å². The summed E-state index contributed by atoms with van der Waals surface area (Å²) in [6, 6.07) is 1.93. The molecule has 0 spiro atoms. The summed E-state index contributed by atoms with van der Waals surface area (Å²) in [4.78, 5) is 23.2. The summed E-state index contributed by atoms with van der Waals surface area (Å²) in [7, 11) is 0. The molecule has 3 N–H and O–H groups in total. The standard InChI is InChI=1S/C18H29N5O2/c1-12(2)15-10-16(22-18(19)21-15)17(24)20-13-5-7-23(8-6-13)11-14-4-3-9-25-14/h10,12-14H,3-9,11H2,1-2H3,(H,20,24)(H2,19,21,22)/t14-/m0/s1. The van der Waals surface area contributed by atoms with Gasteiger partial charge in [0.25, 0.3) is 5.91 Å². The van der Waals surface area contributed by atoms with Crippen molar-refractivity contribution in [1.82, 2.24) is 20.2 Å². The summed E-state index contributed by atoms with van der Waals surface area (Å²) in [5, 5.41) is 3.10. The number of amides is 1. The van der Waals surface area contributed by atoms with Gasteiger partial charge in [-0.3, -0.25) is 4.79 Å². The van der Waals surface area contributed by atoms with E-state index in [0.717, 1.165) is 44.8 Å². The second-order valence-corrected chi connectivity index (χ2v) is 7.37. The fourth-order valence-corrected chi connectivity index (χ4v) is 3.49. The molecule has 1 atom stereocenters. The van der Waals surface area contributed by atoms with Crippen molar-refractivity contribution >= 4 is 11.9 Å². The van der Waals surface area contributed by atoms with Gasteiger partial charge in [0.2, 0.25) is 5.95 Å². The van der Waals surface area contributed by atoms with E-state index in [1.54, 1.807) is 6.07 Å². The molecule has 25 heavy (non-hydrogen) atoms. The maximum Gasteiger partial charge on any atom is 0.270 e. The van der Waals surface area contributed by atoms with Crippen LogP contribution < -0.4 is 11.1 Å². The molecule has 0 bridgehead atoms. The highest BCUT2D eigenvalue weighted by molar-refractivity contribution is 5.92. The molecule has 138 valence electrons. The SMILES string of the molecule is CC(C)c1cc(C(=O)NC2CCN(C[C@@H]3CCCO3)CC2)nc(N)n1. The summed E-state index contributed by atoms with van der Waals surface area (Å²) in [5.41, 5.74) is 6.90. The lowest BCUT2D eigenvalue weighted by molar-refractivity contribution is 0.0612. The van der Waals surface area contributed by atoms with Crippen LogP contribution in [-0.4, -0.2) is 59.2 Å². The minimum Gasteiger partial charge on any atom is -0.377 e. The van der Waals surface area contributed by atoms with Crippen molar-refractivity contribution in [3.63, 3.8) is 0 Å². The van der Waals surface area contributed by atoms with Crippen molar-refractivity contribution in [2.75, 3.05) is 32.0 Å². The quantitative estimate of drug-likeness (QED) is 0.839. The summed E-state index contributed by atoms with van der Waals surface area (Å²) >= 11 is 0. The van der Waals surface area contributed by atoms with Crippen LogP contribution in [0.3, 0.4) is 0 Å². The largest absolute Gasteiger partial charge is 0.377 e. The van der Waals surface area contributed by atoms with Crippen molar-refractivity contribution < 1.29 is 9.53 Å². The van der Waals surface area contributed by atoms with Crippen LogP contribution in [0.4, 0.5) is 5.95 Å². The van der Waals surface area contributed by atoms with Crippen molar-refractivity contribution in [1.29, 1.82) is 0 Å². The molecular weight excluding hydrogens is 318 g/mol. The van der Waals surface area contributed by atoms with E-state index in [2.05, 4.69) is 20.2 Å². The van der Waals surface area contributed by atoms with Crippen molar-refractivity contribution in [3.05, 3.63) is 17.5 Å². The lowest BCUT2D eigenvalue weighted by Crippen LogP contribution is -2.46. The first kappa shape index (κ1) is 18.1. The van der Waals surface area contributed by atoms with Gasteiger partial charge in [0.1, 0.15) is 5.69 Å². The molecule has 0 aromatic carbocycles. The van der Waals surface area contributed by atoms with Crippen LogP contribution in [0.2, 0.25) is 0 Å². The first-order valence-corrected chi connectivity index (χ1v) is 9.30. The Morgan fingerprint density at radius 3 is 2.76 bits per heavy atom. The number of nitrogens with two attached hydrogens (primary N) is 1. The molecule has 1 amide bonds. The van der Waals surface area contributed by atoms with Gasteiger partial charge in [-0.25, -0.2) is 9.97 Å². The van der Waals surface area contributed by atoms with Gasteiger partial charge in [-0.2, -0.15) is 0 Å². The highest BCUT2D eigenvalue weighted by atomic mass is 16.5. The Bertz CT molecular complexity index is 593. The van der Waals surface area contributed by atoms with Gasteiger partial charge in [0.15, 0.2) is 0 Å². The topological polar surface area (TPSA) is 93.4 Å². The molecule has 7 nitrogen and oxygen atoms in total. The highest BCUT2D eigenvalue weighted by Crippen LogP contribution is 2.18. The van der Waals surface area contributed by atoms with Crippen LogP contribution in [0.25, 0.3) is 0 Å². The van der Waals surface area contributed by atoms with Gasteiger partial charge in [0, 0.05) is 38.0 Å². The lowest BCUT2D eigenvalue weighted by Gasteiger charge is -2.33. The zero-order valence-corrected chi connectivity index (χ0v) is 15.2. The number of hydrogen-bond acceptors (Lipinski definition) is 6. The van der Waals surface area contributed by atoms with E-state index in [1.165, 1.54) is 12.8 Å². The second kappa shape index (κ2) is 8.10. The summed E-state index contributed by atoms with van der Waals surface area (Å²) in [6.45, 7) is 7.95. The van der Waals surface area contributed by atoms with Crippen LogP contribution in [0, 0.1) is 0 Å². The second-order valence-electron chi connectivity index (χ2n) is 7.37. The lowest BCUT2D eigenvalue weighted by atomic mass is 10.0. The van der Waals surface area contributed by atoms with E-state index in [0.29, 0.717) is 11.8 Å². The van der Waals surface area contributed by atoms with Gasteiger partial charge in [-0.15, -0.1) is 0 Å². The normalized spacial score (nSPS) is 22.4. The average molecular weight is 347 g/mol. The van der Waals surface area contributed by atoms with Gasteiger partial charge in [-0.05, 0) is 37.7 Å². The van der Waals surface area contributed by atoms with Gasteiger partial charge < -0.3 is 20.7 Å². The Kier molecular flexibility index (Phi) is 5.86. The smallest absolute Gasteiger partial charge is 0.270 e. The van der Waals surface area contributed by atoms with Crippen LogP contribution >= 0.6 is 0 Å². The molecule has 2 aliphatic rings. The Hall–Kier alpha value is -1.73. The highest BCUT2D eigenvalue weighted by Gasteiger charge is 2.25. The van der Waals surface area contributed by atoms with Crippen LogP contribution in [-0.2, 0) is 4.74 Å². The summed E-state index contributed by atoms with van der Waals surface area (Å²) in [5.74, 6) is 0.203. The molecule has 1 aromatic rings. The predicted octanol–water partition coefficient (Wildman–Crippen LogP) is 1.56. The third-order valence-electron chi connectivity index (χ3n) is 5.00. The summed E-state index contributed by atoms with van der Waals surface area (Å²) < 4.78 is 5.71. The van der Waals surface area contributed by atoms with Gasteiger partial charge in [-0.1, -0.05) is 13.8 Å². The zero-order chi connectivity index (χ0) is 17.8. The first-order chi connectivity index (χ1) is 12.0. The number of ether oxygens (including phenoxy) is 1. The number of aromatic nitrogens is 2. The van der Waals surface area contributed by atoms with E-state index < -0.39 is 0 Å². The van der Waals surface area contributed by atoms with E-state index in [4.69, 9.17) is 10.5 Å². The Morgan fingerprint density at radius 2 is 2.12 bits per heavy atom. The monoisotopic (exact) mass is 347 g/mol. The number of hydrogen-bond donors (Lipinski definition) is 2. The predicted molar refractivity (Wildman–Crippen MR) is 96.4 cm³/mol. The van der Waals surface area contributed by atoms with Crippen molar-refractivity contribution in [2.24, 2.45) is 0 Å². The number of carbonyl (C=O) groups excluding carboxylic acids is 1. The van der Waals surface area contributed by atoms with Crippen LogP contribution in [0.1, 0.15) is 61.6 Å². The van der Waals surface area contributed by atoms with E-state index in [9.17, 15) is 4.79 Å². The minimum absolute atomic E-state index is 0.155. The molecule has 2 saturated heterocycles. The van der Waals surface area contributed by atoms with Crippen molar-refractivity contribution in [2.45, 2.75) is 57.6 Å². The molecule has 2 fully saturated rings. The Balaban J connectivity index is 1.50. The molecular formula is C18H29N5O2. The Labute approximate surface area is 149 Å². The van der Waals surface area contributed by atoms with E-state index >= 15 is 0 Å². The fraction of sp³-hybridized carbons (Fsp3) is 0.722. The molecule has 0 saturated carbocycles. The van der Waals surface area contributed by atoms with E-state index in [-0.39, 0.29) is 23.8 Å². The molecule has 0 unspecified atom stereocenters. The van der Waals surface area contributed by atoms with Crippen LogP contribution in [0.5, 0.6) is 0 Å². The molecule has 3 heterocycles. The number of rotatable bonds is 5. The molecule has 1 aromatic heterocycles. The minimum atomic E-state index is -0.159. The Morgan fingerprint density at radius 1 is 1.36 bits per heavy atom. The van der Waals surface area contributed by atoms with Crippen molar-refractivity contribution in [3.8, 4) is 0 Å². The zero-order valence-electron chi connectivity index (χ0n) is 15.2. The molecule has 7 heteroatoms. The number of likely N-dealkylation sites (tertiary alicyclic amines) is 1. The molecule has 0 aliphatic carbocycles. The van der Waals surface area contributed by atoms with Crippen LogP contribution in [0.15, 0.2) is 6.07 Å². The number of anilines is 1. The van der Waals surface area contributed by atoms with Gasteiger partial charge in [0.05, 0.1) is 6.10 Å². The average Bonchev–Trinajstić information content (AvgIpc) is 3.09. The maximum absolute atomic E-state index is 12.5. The summed E-state index contributed by atoms with van der Waals surface area (Å²) in [6.07, 6.45) is 4.65. The fourth-order valence-electron chi connectivity index (χ4n) is 3.49. The molecule has 3 rings (SSSR count). The van der Waals surface area contributed by atoms with E-state index in [1.807, 2.05) is 13.8 Å². The number of nitrogen functional groups attached to an aromatic ring is 1. The third-order valence-corrected chi connectivity index (χ3v) is 5.00. The third kappa shape index (κ3) is 4.89. The number of carbonyl (C=O) groups is 1. The molecule has 2 aliphatic heterocycles.